The van der Waals surface area contributed by atoms with Gasteiger partial charge in [-0.25, -0.2) is 23.1 Å². The Morgan fingerprint density at radius 1 is 0.579 bits per heavy atom. The molecule has 3 aromatic carbocycles. The summed E-state index contributed by atoms with van der Waals surface area (Å²) in [5.41, 5.74) is 20.4. The second-order valence-electron chi connectivity index (χ2n) is 25.8. The van der Waals surface area contributed by atoms with Crippen molar-refractivity contribution in [3.63, 3.8) is 0 Å². The summed E-state index contributed by atoms with van der Waals surface area (Å²) in [7, 11) is 0. The molecule has 2 amide bonds. The van der Waals surface area contributed by atoms with Crippen molar-refractivity contribution in [1.82, 2.24) is 54.2 Å². The zero-order chi connectivity index (χ0) is 65.4. The van der Waals surface area contributed by atoms with Crippen LogP contribution in [0.25, 0.3) is 72.9 Å². The molecule has 6 aliphatic rings. The highest BCUT2D eigenvalue weighted by Gasteiger charge is 2.45. The molecule has 4 saturated heterocycles. The van der Waals surface area contributed by atoms with Crippen molar-refractivity contribution in [2.75, 3.05) is 45.8 Å². The Hall–Kier alpha value is -9.62. The number of rotatable bonds is 13. The lowest BCUT2D eigenvalue weighted by atomic mass is 9.84. The fourth-order valence-corrected chi connectivity index (χ4v) is 15.3. The number of nitrogens with zero attached hydrogens (tertiary/aromatic N) is 10. The average molecular weight is 1290 g/mol. The van der Waals surface area contributed by atoms with E-state index in [1.54, 1.807) is 69.1 Å². The van der Waals surface area contributed by atoms with Crippen LogP contribution >= 0.6 is 11.6 Å². The number of fused-ring (bicyclic) bond motifs is 5. The van der Waals surface area contributed by atoms with Gasteiger partial charge in [-0.3, -0.25) is 48.1 Å². The number of amidine groups is 1. The van der Waals surface area contributed by atoms with Crippen molar-refractivity contribution in [1.29, 1.82) is 0 Å². The molecule has 4 fully saturated rings. The highest BCUT2D eigenvalue weighted by molar-refractivity contribution is 6.31. The maximum Gasteiger partial charge on any atom is 0.269 e. The lowest BCUT2D eigenvalue weighted by Gasteiger charge is -2.32. The zero-order valence-corrected chi connectivity index (χ0v) is 53.8. The van der Waals surface area contributed by atoms with Crippen LogP contribution in [-0.4, -0.2) is 118 Å². The summed E-state index contributed by atoms with van der Waals surface area (Å²) in [4.78, 5) is 58.5. The first-order valence-electron chi connectivity index (χ1n) is 32.8. The zero-order valence-electron chi connectivity index (χ0n) is 53.1. The van der Waals surface area contributed by atoms with Crippen molar-refractivity contribution in [3.05, 3.63) is 227 Å². The van der Waals surface area contributed by atoms with Crippen LogP contribution in [0.15, 0.2) is 182 Å². The molecule has 7 aromatic heterocycles. The largest absolute Gasteiger partial charge is 0.387 e. The SMILES string of the molecule is Cc1cc(-c2ncccc2-c2ccc3ncc(C(=O)NCC45CCCN4CCC5)n3c2)ccc1F.Cc1cc(-c2ncccc2-c2ccc3ncc(C(=O)NCCC45CCCN4CCC5)n3c2)ccc1F.NC1=NCC2C=CC(c3cccnc3-c3ccc(F)c(Cl)c3)=CC12. The average Bonchev–Trinajstić information content (AvgIpc) is 1.78. The molecule has 12 heterocycles. The number of nitrogens with two attached hydrogens (primary N) is 1. The van der Waals surface area contributed by atoms with Crippen molar-refractivity contribution in [2.45, 2.75) is 82.7 Å². The molecule has 0 spiro atoms. The van der Waals surface area contributed by atoms with E-state index in [9.17, 15) is 22.8 Å². The number of hydrogen-bond acceptors (Lipinski definition) is 11. The normalized spacial score (nSPS) is 18.3. The molecule has 0 saturated carbocycles. The van der Waals surface area contributed by atoms with Gasteiger partial charge in [0, 0.05) is 118 Å². The third-order valence-electron chi connectivity index (χ3n) is 20.1. The molecule has 5 aliphatic heterocycles. The van der Waals surface area contributed by atoms with Crippen molar-refractivity contribution in [2.24, 2.45) is 22.6 Å². The summed E-state index contributed by atoms with van der Waals surface area (Å²) in [6.45, 7) is 10.2. The van der Waals surface area contributed by atoms with Crippen LogP contribution in [0.2, 0.25) is 5.02 Å². The Morgan fingerprint density at radius 2 is 1.05 bits per heavy atom. The van der Waals surface area contributed by atoms with Crippen LogP contribution in [0.1, 0.15) is 95.5 Å². The van der Waals surface area contributed by atoms with Gasteiger partial charge in [-0.2, -0.15) is 0 Å². The lowest BCUT2D eigenvalue weighted by molar-refractivity contribution is 0.0911. The number of amides is 2. The van der Waals surface area contributed by atoms with Gasteiger partial charge in [-0.15, -0.1) is 0 Å². The first-order chi connectivity index (χ1) is 46.2. The van der Waals surface area contributed by atoms with E-state index in [0.717, 1.165) is 106 Å². The highest BCUT2D eigenvalue weighted by atomic mass is 35.5. The molecule has 2 atom stereocenters. The van der Waals surface area contributed by atoms with E-state index in [0.29, 0.717) is 58.7 Å². The van der Waals surface area contributed by atoms with Crippen LogP contribution < -0.4 is 16.4 Å². The Bertz CT molecular complexity index is 4670. The van der Waals surface area contributed by atoms with Gasteiger partial charge in [0.25, 0.3) is 11.8 Å². The molecule has 1 aliphatic carbocycles. The van der Waals surface area contributed by atoms with Gasteiger partial charge in [-0.05, 0) is 212 Å². The molecule has 0 radical (unpaired) electrons. The molecule has 15 nitrogen and oxygen atoms in total. The lowest BCUT2D eigenvalue weighted by Crippen LogP contribution is -2.48. The van der Waals surface area contributed by atoms with E-state index in [4.69, 9.17) is 17.3 Å². The summed E-state index contributed by atoms with van der Waals surface area (Å²) >= 11 is 5.93. The van der Waals surface area contributed by atoms with Crippen LogP contribution in [-0.2, 0) is 0 Å². The van der Waals surface area contributed by atoms with Gasteiger partial charge in [-0.1, -0.05) is 48.0 Å². The topological polar surface area (TPSA) is 176 Å². The van der Waals surface area contributed by atoms with Crippen LogP contribution in [0, 0.1) is 43.1 Å². The standard InChI is InChI=1S/C29H30FN5O.C28H28FN5O.C19H15ClFN3/c1-20-17-21(6-8-24(20)30)27-23(5-2-13-31-27)22-7-9-26-33-18-25(35(26)19-22)28(36)32-14-12-29-10-3-15-34(29)16-4-11-29;1-19-15-20(6-8-23(19)29)26-22(5-2-12-30-26)21-7-9-25-31-16-24(34(25)17-21)27(35)32-18-28-10-3-13-33(28)14-4-11-28;20-16-9-12(5-6-17(16)21)18-14(2-1-7-23-18)11-3-4-13-10-24-19(22)15(13)8-11/h2,5-9,13,17-19H,3-4,10-12,14-16H2,1H3,(H,32,36);2,5-9,12,15-17H,3-4,10-11,13-14,18H2,1H3,(H,32,35);1-9,13,15H,10H2,(H2,22,24). The number of imidazole rings is 2. The Labute approximate surface area is 554 Å². The second kappa shape index (κ2) is 26.6. The number of hydrogen-bond donors (Lipinski definition) is 3. The third kappa shape index (κ3) is 12.6. The Balaban J connectivity index is 0.000000125. The van der Waals surface area contributed by atoms with E-state index in [-0.39, 0.29) is 45.5 Å². The first kappa shape index (κ1) is 62.8. The molecule has 482 valence electrons. The van der Waals surface area contributed by atoms with Gasteiger partial charge in [0.05, 0.1) is 34.5 Å². The summed E-state index contributed by atoms with van der Waals surface area (Å²) in [6.07, 6.45) is 29.4. The van der Waals surface area contributed by atoms with Gasteiger partial charge >= 0.3 is 0 Å². The number of aromatic nitrogens is 7. The van der Waals surface area contributed by atoms with E-state index in [1.165, 1.54) is 69.8 Å². The van der Waals surface area contributed by atoms with Crippen LogP contribution in [0.4, 0.5) is 13.2 Å². The quantitative estimate of drug-likeness (QED) is 0.101. The molecule has 0 bridgehead atoms. The number of aliphatic imine (C=N–C) groups is 1. The molecule has 19 heteroatoms. The minimum absolute atomic E-state index is 0.0875. The molecule has 95 heavy (non-hydrogen) atoms. The monoisotopic (exact) mass is 1290 g/mol. The first-order valence-corrected chi connectivity index (χ1v) is 33.1. The summed E-state index contributed by atoms with van der Waals surface area (Å²) < 4.78 is 44.9. The number of benzene rings is 3. The second-order valence-corrected chi connectivity index (χ2v) is 26.2. The molecule has 2 unspecified atom stereocenters. The van der Waals surface area contributed by atoms with E-state index in [2.05, 4.69) is 68.6 Å². The molecular weight excluding hydrogens is 1220 g/mol. The predicted octanol–water partition coefficient (Wildman–Crippen LogP) is 14.2. The number of nitrogens with one attached hydrogen (secondary N) is 2. The minimum atomic E-state index is -0.438. The van der Waals surface area contributed by atoms with Crippen molar-refractivity contribution >= 4 is 46.1 Å². The Kier molecular flexibility index (Phi) is 17.6. The van der Waals surface area contributed by atoms with Crippen LogP contribution in [0.5, 0.6) is 0 Å². The number of carbonyl (C=O) groups excluding carboxylic acids is 2. The minimum Gasteiger partial charge on any atom is -0.387 e. The van der Waals surface area contributed by atoms with Crippen molar-refractivity contribution < 1.29 is 22.8 Å². The van der Waals surface area contributed by atoms with Crippen LogP contribution in [0.3, 0.4) is 0 Å². The third-order valence-corrected chi connectivity index (χ3v) is 20.4. The summed E-state index contributed by atoms with van der Waals surface area (Å²) in [5.74, 6) is 0.0237. The van der Waals surface area contributed by atoms with E-state index >= 15 is 0 Å². The number of aryl methyl sites for hydroxylation is 2. The molecule has 16 rings (SSSR count). The number of pyridine rings is 5. The smallest absolute Gasteiger partial charge is 0.269 e. The van der Waals surface area contributed by atoms with E-state index in [1.807, 2.05) is 94.0 Å². The van der Waals surface area contributed by atoms with E-state index < -0.39 is 5.82 Å². The van der Waals surface area contributed by atoms with Gasteiger partial charge in [0.15, 0.2) is 0 Å². The Morgan fingerprint density at radius 3 is 1.59 bits per heavy atom. The van der Waals surface area contributed by atoms with Gasteiger partial charge in [0.2, 0.25) is 0 Å². The number of allylic oxidation sites excluding steroid dienone is 2. The summed E-state index contributed by atoms with van der Waals surface area (Å²) in [5, 5.41) is 6.43. The number of halogens is 4. The molecule has 10 aromatic rings. The maximum absolute atomic E-state index is 13.9. The molecular formula is C76H73ClF3N13O2. The highest BCUT2D eigenvalue weighted by Crippen LogP contribution is 2.42. The summed E-state index contributed by atoms with van der Waals surface area (Å²) in [6, 6.07) is 34.1. The van der Waals surface area contributed by atoms with Gasteiger partial charge in [0.1, 0.15) is 46.0 Å². The fraction of sp³-hybridized carbons (Fsp3) is 0.289. The molecule has 4 N–H and O–H groups in total. The van der Waals surface area contributed by atoms with Crippen molar-refractivity contribution in [3.8, 4) is 56.0 Å². The maximum atomic E-state index is 13.9. The fourth-order valence-electron chi connectivity index (χ4n) is 15.1. The number of carbonyl (C=O) groups is 2. The van der Waals surface area contributed by atoms with Gasteiger partial charge < -0.3 is 16.4 Å². The predicted molar refractivity (Wildman–Crippen MR) is 367 cm³/mol.